The van der Waals surface area contributed by atoms with Crippen LogP contribution < -0.4 is 4.74 Å². The molecule has 3 nitrogen and oxygen atoms in total. The molecule has 0 aromatic heterocycles. The lowest BCUT2D eigenvalue weighted by atomic mass is 9.89. The molecule has 0 radical (unpaired) electrons. The van der Waals surface area contributed by atoms with E-state index < -0.39 is 6.10 Å². The number of ether oxygens (including phenoxy) is 2. The first-order chi connectivity index (χ1) is 10.4. The fraction of sp³-hybridized carbons (Fsp3) is 0.632. The maximum absolute atomic E-state index is 11.8. The van der Waals surface area contributed by atoms with Gasteiger partial charge in [-0.3, -0.25) is 0 Å². The van der Waals surface area contributed by atoms with Crippen LogP contribution in [-0.4, -0.2) is 19.2 Å². The Bertz CT molecular complexity index is 480. The summed E-state index contributed by atoms with van der Waals surface area (Å²) in [5, 5.41) is 0. The normalized spacial score (nSPS) is 13.8. The molecule has 0 saturated heterocycles. The summed E-state index contributed by atoms with van der Waals surface area (Å²) in [6.07, 6.45) is 2.36. The van der Waals surface area contributed by atoms with Gasteiger partial charge in [0.05, 0.1) is 7.11 Å². The van der Waals surface area contributed by atoms with Gasteiger partial charge >= 0.3 is 5.97 Å². The van der Waals surface area contributed by atoms with E-state index in [1.165, 1.54) is 24.7 Å². The topological polar surface area (TPSA) is 35.5 Å². The number of carbonyl (C=O) groups excluding carboxylic acids is 1. The predicted molar refractivity (Wildman–Crippen MR) is 90.4 cm³/mol. The van der Waals surface area contributed by atoms with Crippen LogP contribution in [0.3, 0.4) is 0 Å². The molecular weight excluding hydrogens is 276 g/mol. The minimum absolute atomic E-state index is 0.315. The molecule has 124 valence electrons. The number of hydrogen-bond donors (Lipinski definition) is 0. The van der Waals surface area contributed by atoms with Crippen LogP contribution >= 0.6 is 0 Å². The number of hydrogen-bond acceptors (Lipinski definition) is 3. The van der Waals surface area contributed by atoms with Crippen LogP contribution in [0.5, 0.6) is 5.75 Å². The van der Waals surface area contributed by atoms with Crippen molar-refractivity contribution in [2.45, 2.75) is 65.9 Å². The van der Waals surface area contributed by atoms with Crippen molar-refractivity contribution < 1.29 is 14.3 Å². The lowest BCUT2D eigenvalue weighted by Crippen LogP contribution is -2.28. The van der Waals surface area contributed by atoms with Gasteiger partial charge in [0.2, 0.25) is 0 Å². The number of esters is 1. The summed E-state index contributed by atoms with van der Waals surface area (Å²) in [7, 11) is 1.40. The fourth-order valence-electron chi connectivity index (χ4n) is 2.70. The zero-order chi connectivity index (χ0) is 16.7. The maximum Gasteiger partial charge on any atom is 0.347 e. The second kappa shape index (κ2) is 8.82. The highest BCUT2D eigenvalue weighted by Gasteiger charge is 2.22. The summed E-state index contributed by atoms with van der Waals surface area (Å²) in [5.74, 6) is 1.60. The van der Waals surface area contributed by atoms with Crippen molar-refractivity contribution in [2.24, 2.45) is 5.92 Å². The van der Waals surface area contributed by atoms with Gasteiger partial charge in [0.15, 0.2) is 6.10 Å². The Balaban J connectivity index is 2.99. The first-order valence-corrected chi connectivity index (χ1v) is 8.24. The van der Waals surface area contributed by atoms with E-state index >= 15 is 0 Å². The van der Waals surface area contributed by atoms with E-state index in [9.17, 15) is 4.79 Å². The van der Waals surface area contributed by atoms with Crippen molar-refractivity contribution in [1.82, 2.24) is 0 Å². The Morgan fingerprint density at radius 2 is 1.86 bits per heavy atom. The minimum atomic E-state index is -0.539. The van der Waals surface area contributed by atoms with Crippen LogP contribution in [0.15, 0.2) is 18.2 Å². The monoisotopic (exact) mass is 306 g/mol. The molecule has 1 aromatic rings. The van der Waals surface area contributed by atoms with Gasteiger partial charge in [0.1, 0.15) is 5.75 Å². The Kier molecular flexibility index (Phi) is 7.43. The quantitative estimate of drug-likeness (QED) is 0.643. The SMILES string of the molecule is CCC(Oc1cccc(C)c1C(C)CCC(C)C)C(=O)OC. The zero-order valence-electron chi connectivity index (χ0n) is 14.8. The van der Waals surface area contributed by atoms with Crippen LogP contribution in [0, 0.1) is 12.8 Å². The number of carbonyl (C=O) groups is 1. The molecule has 0 aliphatic heterocycles. The fourth-order valence-corrected chi connectivity index (χ4v) is 2.70. The molecule has 0 N–H and O–H groups in total. The van der Waals surface area contributed by atoms with Crippen molar-refractivity contribution in [1.29, 1.82) is 0 Å². The van der Waals surface area contributed by atoms with E-state index in [1.54, 1.807) is 0 Å². The molecule has 0 aliphatic rings. The minimum Gasteiger partial charge on any atom is -0.478 e. The van der Waals surface area contributed by atoms with Crippen LogP contribution in [0.25, 0.3) is 0 Å². The average Bonchev–Trinajstić information content (AvgIpc) is 2.49. The Labute approximate surface area is 135 Å². The molecule has 0 bridgehead atoms. The molecule has 1 rings (SSSR count). The Hall–Kier alpha value is -1.51. The van der Waals surface area contributed by atoms with Crippen molar-refractivity contribution >= 4 is 5.97 Å². The lowest BCUT2D eigenvalue weighted by molar-refractivity contribution is -0.148. The summed E-state index contributed by atoms with van der Waals surface area (Å²) in [6, 6.07) is 6.04. The smallest absolute Gasteiger partial charge is 0.347 e. The summed E-state index contributed by atoms with van der Waals surface area (Å²) in [6.45, 7) is 10.8. The third-order valence-electron chi connectivity index (χ3n) is 4.06. The van der Waals surface area contributed by atoms with Crippen LogP contribution in [0.2, 0.25) is 0 Å². The van der Waals surface area contributed by atoms with Gasteiger partial charge in [0, 0.05) is 0 Å². The lowest BCUT2D eigenvalue weighted by Gasteiger charge is -2.23. The van der Waals surface area contributed by atoms with Gasteiger partial charge < -0.3 is 9.47 Å². The van der Waals surface area contributed by atoms with Crippen molar-refractivity contribution in [2.75, 3.05) is 7.11 Å². The maximum atomic E-state index is 11.8. The zero-order valence-corrected chi connectivity index (χ0v) is 14.8. The van der Waals surface area contributed by atoms with Crippen LogP contribution in [-0.2, 0) is 9.53 Å². The van der Waals surface area contributed by atoms with Crippen molar-refractivity contribution in [3.8, 4) is 5.75 Å². The average molecular weight is 306 g/mol. The van der Waals surface area contributed by atoms with E-state index in [2.05, 4.69) is 33.8 Å². The standard InChI is InChI=1S/C19H30O3/c1-7-16(19(20)21-6)22-17-10-8-9-14(4)18(17)15(5)12-11-13(2)3/h8-10,13,15-16H,7,11-12H2,1-6H3. The summed E-state index contributed by atoms with van der Waals surface area (Å²) < 4.78 is 10.8. The first-order valence-electron chi connectivity index (χ1n) is 8.24. The molecule has 1 aromatic carbocycles. The molecule has 2 unspecified atom stereocenters. The second-order valence-corrected chi connectivity index (χ2v) is 6.40. The summed E-state index contributed by atoms with van der Waals surface area (Å²) in [4.78, 5) is 11.8. The van der Waals surface area contributed by atoms with Gasteiger partial charge in [-0.2, -0.15) is 0 Å². The second-order valence-electron chi connectivity index (χ2n) is 6.40. The molecule has 0 amide bonds. The molecule has 0 fully saturated rings. The van der Waals surface area contributed by atoms with Gasteiger partial charge in [-0.15, -0.1) is 0 Å². The molecule has 22 heavy (non-hydrogen) atoms. The van der Waals surface area contributed by atoms with Gasteiger partial charge in [-0.05, 0) is 48.8 Å². The van der Waals surface area contributed by atoms with Gasteiger partial charge in [0.25, 0.3) is 0 Å². The van der Waals surface area contributed by atoms with Gasteiger partial charge in [-0.25, -0.2) is 4.79 Å². The molecule has 0 saturated carbocycles. The molecular formula is C19H30O3. The highest BCUT2D eigenvalue weighted by Crippen LogP contribution is 2.34. The number of aryl methyl sites for hydroxylation is 1. The number of methoxy groups -OCH3 is 1. The third kappa shape index (κ3) is 5.04. The van der Waals surface area contributed by atoms with E-state index in [-0.39, 0.29) is 5.97 Å². The molecule has 3 heteroatoms. The third-order valence-corrected chi connectivity index (χ3v) is 4.06. The van der Waals surface area contributed by atoms with Crippen LogP contribution in [0.1, 0.15) is 64.0 Å². The molecule has 0 aliphatic carbocycles. The molecule has 0 heterocycles. The van der Waals surface area contributed by atoms with E-state index in [1.807, 2.05) is 19.1 Å². The number of rotatable bonds is 8. The van der Waals surface area contributed by atoms with Gasteiger partial charge in [-0.1, -0.05) is 46.2 Å². The first kappa shape index (κ1) is 18.5. The van der Waals surface area contributed by atoms with E-state index in [0.717, 1.165) is 12.2 Å². The number of benzene rings is 1. The van der Waals surface area contributed by atoms with E-state index in [4.69, 9.17) is 9.47 Å². The Morgan fingerprint density at radius 1 is 1.18 bits per heavy atom. The summed E-state index contributed by atoms with van der Waals surface area (Å²) >= 11 is 0. The van der Waals surface area contributed by atoms with Crippen molar-refractivity contribution in [3.05, 3.63) is 29.3 Å². The highest BCUT2D eigenvalue weighted by molar-refractivity contribution is 5.75. The predicted octanol–water partition coefficient (Wildman–Crippen LogP) is 4.87. The van der Waals surface area contributed by atoms with Crippen LogP contribution in [0.4, 0.5) is 0 Å². The Morgan fingerprint density at radius 3 is 2.41 bits per heavy atom. The molecule has 0 spiro atoms. The largest absolute Gasteiger partial charge is 0.478 e. The highest BCUT2D eigenvalue weighted by atomic mass is 16.6. The molecule has 2 atom stereocenters. The van der Waals surface area contributed by atoms with Crippen molar-refractivity contribution in [3.63, 3.8) is 0 Å². The van der Waals surface area contributed by atoms with E-state index in [0.29, 0.717) is 18.3 Å². The summed E-state index contributed by atoms with van der Waals surface area (Å²) in [5.41, 5.74) is 2.43.